The molecule has 0 aliphatic heterocycles. The van der Waals surface area contributed by atoms with Gasteiger partial charge in [0.2, 0.25) is 22.9 Å². The molecule has 158 valence electrons. The summed E-state index contributed by atoms with van der Waals surface area (Å²) in [6.45, 7) is 2.97. The fraction of sp³-hybridized carbons (Fsp3) is 0.286. The Morgan fingerprint density at radius 1 is 1.21 bits per heavy atom. The highest BCUT2D eigenvalue weighted by Gasteiger charge is 2.19. The number of hydrogen-bond acceptors (Lipinski definition) is 9. The van der Waals surface area contributed by atoms with E-state index in [1.807, 2.05) is 5.32 Å². The number of nitrogens with zero attached hydrogens (tertiary/aromatic N) is 3. The van der Waals surface area contributed by atoms with Crippen LogP contribution in [0.15, 0.2) is 23.1 Å². The summed E-state index contributed by atoms with van der Waals surface area (Å²) in [6.07, 6.45) is -2.17. The molecule has 0 saturated heterocycles. The zero-order chi connectivity index (χ0) is 21.8. The SMILES string of the molecule is Cc1ccc(S(=O)ONC(=O)Nc2nc(C)nc(C(F)F)n2)c(OS(C)(=O)=O)c1. The highest BCUT2D eigenvalue weighted by atomic mass is 32.2. The molecule has 2 N–H and O–H groups in total. The van der Waals surface area contributed by atoms with Crippen LogP contribution in [-0.4, -0.2) is 39.9 Å². The first-order valence-electron chi connectivity index (χ1n) is 7.61. The Morgan fingerprint density at radius 3 is 2.52 bits per heavy atom. The highest BCUT2D eigenvalue weighted by Crippen LogP contribution is 2.25. The second-order valence-electron chi connectivity index (χ2n) is 5.48. The van der Waals surface area contributed by atoms with Crippen LogP contribution < -0.4 is 15.0 Å². The van der Waals surface area contributed by atoms with Crippen LogP contribution in [0.25, 0.3) is 0 Å². The zero-order valence-corrected chi connectivity index (χ0v) is 16.8. The normalized spacial score (nSPS) is 12.5. The number of alkyl halides is 2. The smallest absolute Gasteiger partial charge is 0.346 e. The molecule has 1 atom stereocenters. The number of urea groups is 1. The Labute approximate surface area is 166 Å². The summed E-state index contributed by atoms with van der Waals surface area (Å²) in [6, 6.07) is 3.00. The van der Waals surface area contributed by atoms with Gasteiger partial charge in [-0.25, -0.2) is 28.2 Å². The standard InChI is InChI=1S/C14H15F2N5O6S2/c1-7-4-5-10(9(6-7)26-29(3,24)25)28(23)27-21-14(22)20-13-18-8(2)17-12(19-13)11(15)16/h4-6,11H,1-3H3,(H2,17,18,19,20,21,22). The van der Waals surface area contributed by atoms with Crippen LogP contribution >= 0.6 is 0 Å². The molecule has 11 nitrogen and oxygen atoms in total. The van der Waals surface area contributed by atoms with E-state index in [1.165, 1.54) is 25.1 Å². The Balaban J connectivity index is 2.07. The Kier molecular flexibility index (Phi) is 7.10. The maximum absolute atomic E-state index is 12.7. The number of carbonyl (C=O) groups excluding carboxylic acids is 1. The molecule has 1 heterocycles. The van der Waals surface area contributed by atoms with Crippen molar-refractivity contribution in [1.29, 1.82) is 0 Å². The van der Waals surface area contributed by atoms with E-state index in [2.05, 4.69) is 19.2 Å². The lowest BCUT2D eigenvalue weighted by atomic mass is 10.2. The highest BCUT2D eigenvalue weighted by molar-refractivity contribution is 7.86. The molecule has 1 aromatic heterocycles. The number of benzene rings is 1. The van der Waals surface area contributed by atoms with Gasteiger partial charge >= 0.3 is 16.1 Å². The number of amides is 2. The molecule has 1 aromatic carbocycles. The lowest BCUT2D eigenvalue weighted by Gasteiger charge is -2.11. The number of aromatic nitrogens is 3. The van der Waals surface area contributed by atoms with Gasteiger partial charge in [0.1, 0.15) is 10.7 Å². The number of nitrogens with one attached hydrogen (secondary N) is 2. The Morgan fingerprint density at radius 2 is 1.90 bits per heavy atom. The third-order valence-corrected chi connectivity index (χ3v) is 4.33. The van der Waals surface area contributed by atoms with E-state index in [-0.39, 0.29) is 16.5 Å². The van der Waals surface area contributed by atoms with E-state index in [0.29, 0.717) is 5.56 Å². The van der Waals surface area contributed by atoms with Crippen molar-refractivity contribution in [3.05, 3.63) is 35.4 Å². The molecular formula is C14H15F2N5O6S2. The summed E-state index contributed by atoms with van der Waals surface area (Å²) >= 11 is -2.37. The molecule has 1 unspecified atom stereocenters. The molecular weight excluding hydrogens is 436 g/mol. The number of carbonyl (C=O) groups is 1. The van der Waals surface area contributed by atoms with Gasteiger partial charge in [-0.05, 0) is 31.5 Å². The topological polar surface area (TPSA) is 149 Å². The van der Waals surface area contributed by atoms with Crippen molar-refractivity contribution in [3.63, 3.8) is 0 Å². The number of rotatable bonds is 7. The van der Waals surface area contributed by atoms with Gasteiger partial charge in [0.15, 0.2) is 5.75 Å². The van der Waals surface area contributed by atoms with E-state index >= 15 is 0 Å². The number of halogens is 2. The predicted octanol–water partition coefficient (Wildman–Crippen LogP) is 1.54. The van der Waals surface area contributed by atoms with Gasteiger partial charge < -0.3 is 4.18 Å². The third-order valence-electron chi connectivity index (χ3n) is 2.92. The minimum absolute atomic E-state index is 0.0580. The maximum Gasteiger partial charge on any atom is 0.346 e. The molecule has 0 radical (unpaired) electrons. The number of hydrogen-bond donors (Lipinski definition) is 2. The lowest BCUT2D eigenvalue weighted by Crippen LogP contribution is -2.30. The quantitative estimate of drug-likeness (QED) is 0.472. The molecule has 29 heavy (non-hydrogen) atoms. The Bertz CT molecular complexity index is 1050. The van der Waals surface area contributed by atoms with Crippen LogP contribution in [0.4, 0.5) is 19.5 Å². The molecule has 0 bridgehead atoms. The van der Waals surface area contributed by atoms with Gasteiger partial charge in [-0.3, -0.25) is 5.32 Å². The summed E-state index contributed by atoms with van der Waals surface area (Å²) < 4.78 is 69.8. The van der Waals surface area contributed by atoms with Crippen molar-refractivity contribution >= 4 is 33.2 Å². The van der Waals surface area contributed by atoms with Crippen molar-refractivity contribution < 1.29 is 34.7 Å². The summed E-state index contributed by atoms with van der Waals surface area (Å²) in [4.78, 5) is 22.1. The maximum atomic E-state index is 12.7. The molecule has 15 heteroatoms. The van der Waals surface area contributed by atoms with Gasteiger partial charge in [0.05, 0.1) is 6.26 Å². The molecule has 2 rings (SSSR count). The van der Waals surface area contributed by atoms with Crippen LogP contribution in [0.2, 0.25) is 0 Å². The molecule has 2 amide bonds. The largest absolute Gasteiger partial charge is 0.381 e. The van der Waals surface area contributed by atoms with Crippen molar-refractivity contribution in [2.45, 2.75) is 25.2 Å². The van der Waals surface area contributed by atoms with Gasteiger partial charge in [0, 0.05) is 0 Å². The van der Waals surface area contributed by atoms with E-state index in [4.69, 9.17) is 4.18 Å². The molecule has 0 aliphatic rings. The second kappa shape index (κ2) is 9.15. The third kappa shape index (κ3) is 6.95. The van der Waals surface area contributed by atoms with Crippen molar-refractivity contribution in [2.24, 2.45) is 0 Å². The van der Waals surface area contributed by atoms with E-state index in [9.17, 15) is 26.2 Å². The fourth-order valence-electron chi connectivity index (χ4n) is 1.88. The van der Waals surface area contributed by atoms with Crippen LogP contribution in [0, 0.1) is 13.8 Å². The lowest BCUT2D eigenvalue weighted by molar-refractivity contribution is 0.140. The first-order valence-corrected chi connectivity index (χ1v) is 10.5. The minimum Gasteiger partial charge on any atom is -0.381 e. The van der Waals surface area contributed by atoms with Gasteiger partial charge in [-0.15, -0.1) is 0 Å². The first-order chi connectivity index (χ1) is 13.4. The van der Waals surface area contributed by atoms with Crippen molar-refractivity contribution in [2.75, 3.05) is 11.6 Å². The zero-order valence-electron chi connectivity index (χ0n) is 15.2. The van der Waals surface area contributed by atoms with Gasteiger partial charge in [-0.2, -0.15) is 22.7 Å². The van der Waals surface area contributed by atoms with Crippen LogP contribution in [0.1, 0.15) is 23.6 Å². The summed E-state index contributed by atoms with van der Waals surface area (Å²) in [7, 11) is -3.91. The summed E-state index contributed by atoms with van der Waals surface area (Å²) in [5, 5.41) is 2.01. The average Bonchev–Trinajstić information content (AvgIpc) is 2.57. The monoisotopic (exact) mass is 451 g/mol. The van der Waals surface area contributed by atoms with E-state index in [0.717, 1.165) is 6.26 Å². The summed E-state index contributed by atoms with van der Waals surface area (Å²) in [5.74, 6) is -1.62. The van der Waals surface area contributed by atoms with Crippen LogP contribution in [0.3, 0.4) is 0 Å². The molecule has 2 aromatic rings. The van der Waals surface area contributed by atoms with Crippen molar-refractivity contribution in [3.8, 4) is 5.75 Å². The average molecular weight is 451 g/mol. The molecule has 0 spiro atoms. The van der Waals surface area contributed by atoms with E-state index < -0.39 is 45.4 Å². The number of hydroxylamine groups is 1. The Hall–Kier alpha value is -2.78. The minimum atomic E-state index is -3.91. The fourth-order valence-corrected chi connectivity index (χ4v) is 3.09. The molecule has 0 aliphatic carbocycles. The summed E-state index contributed by atoms with van der Waals surface area (Å²) in [5.41, 5.74) is 2.38. The van der Waals surface area contributed by atoms with Gasteiger partial charge in [-0.1, -0.05) is 6.07 Å². The van der Waals surface area contributed by atoms with Gasteiger partial charge in [0.25, 0.3) is 6.43 Å². The molecule has 0 fully saturated rings. The van der Waals surface area contributed by atoms with Crippen LogP contribution in [0.5, 0.6) is 5.75 Å². The van der Waals surface area contributed by atoms with E-state index in [1.54, 1.807) is 12.4 Å². The van der Waals surface area contributed by atoms with Crippen LogP contribution in [-0.2, 0) is 25.5 Å². The first kappa shape index (κ1) is 22.5. The van der Waals surface area contributed by atoms with Crippen molar-refractivity contribution in [1.82, 2.24) is 20.4 Å². The second-order valence-corrected chi connectivity index (χ2v) is 8.13. The number of anilines is 1. The number of aryl methyl sites for hydroxylation is 2. The molecule has 0 saturated carbocycles. The predicted molar refractivity (Wildman–Crippen MR) is 95.8 cm³/mol.